The molecule has 36 heavy (non-hydrogen) atoms. The van der Waals surface area contributed by atoms with Crippen LogP contribution >= 0.6 is 0 Å². The van der Waals surface area contributed by atoms with Crippen LogP contribution in [-0.4, -0.2) is 11.9 Å². The molecule has 0 aliphatic heterocycles. The van der Waals surface area contributed by atoms with Crippen LogP contribution in [0.15, 0.2) is 66.7 Å². The van der Waals surface area contributed by atoms with Gasteiger partial charge in [-0.05, 0) is 84.7 Å². The molecule has 0 unspecified atom stereocenters. The average molecular weight is 487 g/mol. The van der Waals surface area contributed by atoms with Gasteiger partial charge in [-0.15, -0.1) is 0 Å². The number of carbonyl (C=O) groups is 2. The largest absolute Gasteiger partial charge is 0.423 e. The Bertz CT molecular complexity index is 1150. The zero-order valence-corrected chi connectivity index (χ0v) is 22.2. The zero-order chi connectivity index (χ0) is 26.1. The van der Waals surface area contributed by atoms with Crippen molar-refractivity contribution in [2.24, 2.45) is 0 Å². The molecule has 0 bridgehead atoms. The summed E-state index contributed by atoms with van der Waals surface area (Å²) in [6, 6.07) is 20.3. The van der Waals surface area contributed by atoms with Gasteiger partial charge in [0.15, 0.2) is 0 Å². The fourth-order valence-electron chi connectivity index (χ4n) is 3.95. The van der Waals surface area contributed by atoms with E-state index in [4.69, 9.17) is 9.47 Å². The van der Waals surface area contributed by atoms with Crippen LogP contribution in [0.4, 0.5) is 0 Å². The van der Waals surface area contributed by atoms with Crippen LogP contribution in [0.5, 0.6) is 11.5 Å². The van der Waals surface area contributed by atoms with E-state index in [9.17, 15) is 9.59 Å². The molecule has 3 aromatic carbocycles. The number of hydrogen-bond donors (Lipinski definition) is 0. The highest BCUT2D eigenvalue weighted by atomic mass is 16.5. The number of esters is 2. The summed E-state index contributed by atoms with van der Waals surface area (Å²) < 4.78 is 11.5. The second-order valence-electron chi connectivity index (χ2n) is 10.3. The minimum Gasteiger partial charge on any atom is -0.423 e. The maximum Gasteiger partial charge on any atom is 0.343 e. The van der Waals surface area contributed by atoms with Gasteiger partial charge in [-0.2, -0.15) is 0 Å². The van der Waals surface area contributed by atoms with E-state index in [2.05, 4.69) is 13.8 Å². The number of ether oxygens (including phenoxy) is 2. The molecule has 0 fully saturated rings. The minimum absolute atomic E-state index is 0.330. The molecule has 190 valence electrons. The van der Waals surface area contributed by atoms with Gasteiger partial charge in [0.1, 0.15) is 11.5 Å². The number of rotatable bonds is 10. The summed E-state index contributed by atoms with van der Waals surface area (Å²) in [7, 11) is 0. The predicted octanol–water partition coefficient (Wildman–Crippen LogP) is 8.11. The SMILES string of the molecule is CCCCc1ccc(C(=O)Oc2ccc(OC(=O)c3ccc(CCCC)cc3)c(C(C)(C)C)c2)cc1. The van der Waals surface area contributed by atoms with Gasteiger partial charge >= 0.3 is 11.9 Å². The van der Waals surface area contributed by atoms with Gasteiger partial charge in [0.05, 0.1) is 11.1 Å². The summed E-state index contributed by atoms with van der Waals surface area (Å²) in [6.07, 6.45) is 6.53. The summed E-state index contributed by atoms with van der Waals surface area (Å²) >= 11 is 0. The summed E-state index contributed by atoms with van der Waals surface area (Å²) in [5, 5.41) is 0. The lowest BCUT2D eigenvalue weighted by Gasteiger charge is -2.23. The summed E-state index contributed by atoms with van der Waals surface area (Å²) in [4.78, 5) is 25.6. The zero-order valence-electron chi connectivity index (χ0n) is 22.2. The van der Waals surface area contributed by atoms with Crippen molar-refractivity contribution in [1.82, 2.24) is 0 Å². The number of benzene rings is 3. The maximum atomic E-state index is 12.9. The molecule has 0 N–H and O–H groups in total. The molecule has 0 heterocycles. The smallest absolute Gasteiger partial charge is 0.343 e. The third-order valence-electron chi connectivity index (χ3n) is 6.19. The molecule has 0 amide bonds. The number of carbonyl (C=O) groups excluding carboxylic acids is 2. The Morgan fingerprint density at radius 2 is 1.14 bits per heavy atom. The van der Waals surface area contributed by atoms with Crippen LogP contribution in [0.3, 0.4) is 0 Å². The van der Waals surface area contributed by atoms with E-state index in [1.165, 1.54) is 11.1 Å². The molecule has 0 spiro atoms. The van der Waals surface area contributed by atoms with Crippen molar-refractivity contribution < 1.29 is 19.1 Å². The Balaban J connectivity index is 1.74. The molecule has 0 radical (unpaired) electrons. The van der Waals surface area contributed by atoms with E-state index in [-0.39, 0.29) is 5.41 Å². The van der Waals surface area contributed by atoms with Crippen LogP contribution in [-0.2, 0) is 18.3 Å². The van der Waals surface area contributed by atoms with Gasteiger partial charge in [-0.25, -0.2) is 9.59 Å². The van der Waals surface area contributed by atoms with Gasteiger partial charge < -0.3 is 9.47 Å². The molecular formula is C32H38O4. The van der Waals surface area contributed by atoms with Crippen LogP contribution in [0.25, 0.3) is 0 Å². The molecule has 4 heteroatoms. The molecule has 3 rings (SSSR count). The molecule has 0 atom stereocenters. The van der Waals surface area contributed by atoms with E-state index in [0.717, 1.165) is 44.1 Å². The summed E-state index contributed by atoms with van der Waals surface area (Å²) in [5.74, 6) is 0.0583. The number of hydrogen-bond acceptors (Lipinski definition) is 4. The van der Waals surface area contributed by atoms with Gasteiger partial charge in [0.25, 0.3) is 0 Å². The van der Waals surface area contributed by atoms with Crippen molar-refractivity contribution in [2.75, 3.05) is 0 Å². The second-order valence-corrected chi connectivity index (χ2v) is 10.3. The maximum absolute atomic E-state index is 12.9. The molecule has 4 nitrogen and oxygen atoms in total. The average Bonchev–Trinajstić information content (AvgIpc) is 2.87. The van der Waals surface area contributed by atoms with Crippen LogP contribution in [0.1, 0.15) is 97.7 Å². The third kappa shape index (κ3) is 7.55. The molecule has 0 saturated carbocycles. The lowest BCUT2D eigenvalue weighted by molar-refractivity contribution is 0.0716. The van der Waals surface area contributed by atoms with E-state index in [1.54, 1.807) is 18.2 Å². The molecule has 0 aromatic heterocycles. The van der Waals surface area contributed by atoms with Crippen LogP contribution < -0.4 is 9.47 Å². The Hall–Kier alpha value is -3.40. The standard InChI is InChI=1S/C32H38O4/c1-6-8-10-23-12-16-25(17-13-23)30(33)35-27-20-21-29(28(22-27)32(3,4)5)36-31(34)26-18-14-24(15-19-26)11-9-7-2/h12-22H,6-11H2,1-5H3. The van der Waals surface area contributed by atoms with Gasteiger partial charge in [-0.3, -0.25) is 0 Å². The van der Waals surface area contributed by atoms with E-state index in [1.807, 2.05) is 69.3 Å². The molecule has 0 saturated heterocycles. The van der Waals surface area contributed by atoms with E-state index >= 15 is 0 Å². The highest BCUT2D eigenvalue weighted by Gasteiger charge is 2.23. The number of aryl methyl sites for hydroxylation is 2. The molecule has 0 aliphatic rings. The quantitative estimate of drug-likeness (QED) is 0.214. The normalized spacial score (nSPS) is 11.2. The van der Waals surface area contributed by atoms with E-state index < -0.39 is 11.9 Å². The minimum atomic E-state index is -0.412. The van der Waals surface area contributed by atoms with Crippen molar-refractivity contribution in [3.8, 4) is 11.5 Å². The fraction of sp³-hybridized carbons (Fsp3) is 0.375. The Morgan fingerprint density at radius 3 is 1.58 bits per heavy atom. The fourth-order valence-corrected chi connectivity index (χ4v) is 3.95. The molecule has 0 aliphatic carbocycles. The van der Waals surface area contributed by atoms with Crippen LogP contribution in [0, 0.1) is 0 Å². The van der Waals surface area contributed by atoms with Gasteiger partial charge in [-0.1, -0.05) is 71.7 Å². The van der Waals surface area contributed by atoms with Crippen molar-refractivity contribution in [3.63, 3.8) is 0 Å². The van der Waals surface area contributed by atoms with Gasteiger partial charge in [0.2, 0.25) is 0 Å². The summed E-state index contributed by atoms with van der Waals surface area (Å²) in [5.41, 5.74) is 3.90. The highest BCUT2D eigenvalue weighted by molar-refractivity contribution is 5.92. The first kappa shape index (κ1) is 27.2. The topological polar surface area (TPSA) is 52.6 Å². The molecular weight excluding hydrogens is 448 g/mol. The van der Waals surface area contributed by atoms with Crippen LogP contribution in [0.2, 0.25) is 0 Å². The van der Waals surface area contributed by atoms with Crippen molar-refractivity contribution in [1.29, 1.82) is 0 Å². The van der Waals surface area contributed by atoms with Gasteiger partial charge in [0, 0.05) is 5.56 Å². The second kappa shape index (κ2) is 12.5. The van der Waals surface area contributed by atoms with Crippen molar-refractivity contribution >= 4 is 11.9 Å². The number of unbranched alkanes of at least 4 members (excludes halogenated alkanes) is 2. The lowest BCUT2D eigenvalue weighted by Crippen LogP contribution is -2.17. The first-order valence-corrected chi connectivity index (χ1v) is 13.0. The third-order valence-corrected chi connectivity index (χ3v) is 6.19. The summed E-state index contributed by atoms with van der Waals surface area (Å²) in [6.45, 7) is 10.4. The van der Waals surface area contributed by atoms with E-state index in [0.29, 0.717) is 22.6 Å². The molecule has 3 aromatic rings. The predicted molar refractivity (Wildman–Crippen MR) is 145 cm³/mol. The first-order valence-electron chi connectivity index (χ1n) is 13.0. The Kier molecular flexibility index (Phi) is 9.46. The monoisotopic (exact) mass is 486 g/mol. The Morgan fingerprint density at radius 1 is 0.667 bits per heavy atom. The van der Waals surface area contributed by atoms with Crippen molar-refractivity contribution in [2.45, 2.75) is 78.6 Å². The first-order chi connectivity index (χ1) is 17.2. The highest BCUT2D eigenvalue weighted by Crippen LogP contribution is 2.35. The Labute approximate surface area is 215 Å². The van der Waals surface area contributed by atoms with Crippen molar-refractivity contribution in [3.05, 3.63) is 94.5 Å². The lowest BCUT2D eigenvalue weighted by atomic mass is 9.86.